The first-order valence-corrected chi connectivity index (χ1v) is 7.01. The first-order valence-electron chi connectivity index (χ1n) is 7.01. The Morgan fingerprint density at radius 3 is 1.62 bits per heavy atom. The molecule has 0 radical (unpaired) electrons. The quantitative estimate of drug-likeness (QED) is 0.529. The number of carbonyl (C=O) groups is 2. The minimum absolute atomic E-state index is 0.107. The molecule has 0 aromatic heterocycles. The molecule has 0 unspecified atom stereocenters. The van der Waals surface area contributed by atoms with E-state index in [2.05, 4.69) is 6.07 Å². The van der Waals surface area contributed by atoms with E-state index in [1.807, 2.05) is 48.5 Å². The molecule has 2 heteroatoms. The molecular formula is C19H16O2. The highest BCUT2D eigenvalue weighted by molar-refractivity contribution is 6.14. The van der Waals surface area contributed by atoms with Gasteiger partial charge in [0.2, 0.25) is 0 Å². The van der Waals surface area contributed by atoms with Gasteiger partial charge < -0.3 is 0 Å². The van der Waals surface area contributed by atoms with Gasteiger partial charge in [-0.2, -0.15) is 0 Å². The van der Waals surface area contributed by atoms with E-state index in [0.717, 1.165) is 27.1 Å². The summed E-state index contributed by atoms with van der Waals surface area (Å²) in [6, 6.07) is 17.9. The van der Waals surface area contributed by atoms with Crippen LogP contribution in [0.2, 0.25) is 0 Å². The Bertz CT molecular complexity index is 794. The molecule has 0 saturated carbocycles. The van der Waals surface area contributed by atoms with Crippen LogP contribution in [-0.4, -0.2) is 11.6 Å². The molecule has 0 atom stereocenters. The monoisotopic (exact) mass is 276 g/mol. The van der Waals surface area contributed by atoms with Gasteiger partial charge in [-0.1, -0.05) is 48.5 Å². The van der Waals surface area contributed by atoms with Crippen LogP contribution in [0.1, 0.15) is 25.3 Å². The van der Waals surface area contributed by atoms with Crippen molar-refractivity contribution in [2.75, 3.05) is 0 Å². The van der Waals surface area contributed by atoms with E-state index >= 15 is 0 Å². The third-order valence-corrected chi connectivity index (χ3v) is 3.91. The van der Waals surface area contributed by atoms with E-state index in [1.165, 1.54) is 13.8 Å². The molecule has 0 aliphatic carbocycles. The number of fused-ring (bicyclic) bond motifs is 2. The van der Waals surface area contributed by atoms with E-state index < -0.39 is 5.92 Å². The van der Waals surface area contributed by atoms with Crippen molar-refractivity contribution >= 4 is 33.1 Å². The molecule has 0 heterocycles. The fourth-order valence-corrected chi connectivity index (χ4v) is 3.05. The average molecular weight is 276 g/mol. The second-order valence-corrected chi connectivity index (χ2v) is 5.39. The molecule has 0 spiro atoms. The Kier molecular flexibility index (Phi) is 3.30. The number of carbonyl (C=O) groups excluding carboxylic acids is 2. The van der Waals surface area contributed by atoms with Gasteiger partial charge in [0, 0.05) is 0 Å². The van der Waals surface area contributed by atoms with Crippen LogP contribution >= 0.6 is 0 Å². The Labute approximate surface area is 123 Å². The summed E-state index contributed by atoms with van der Waals surface area (Å²) in [5, 5.41) is 4.07. The van der Waals surface area contributed by atoms with Crippen LogP contribution in [0.5, 0.6) is 0 Å². The molecule has 2 nitrogen and oxygen atoms in total. The van der Waals surface area contributed by atoms with Gasteiger partial charge in [0.05, 0.1) is 0 Å². The maximum atomic E-state index is 12.1. The first-order chi connectivity index (χ1) is 10.1. The van der Waals surface area contributed by atoms with E-state index in [9.17, 15) is 9.59 Å². The van der Waals surface area contributed by atoms with E-state index in [4.69, 9.17) is 0 Å². The Balaban J connectivity index is 2.50. The van der Waals surface area contributed by atoms with Crippen molar-refractivity contribution < 1.29 is 9.59 Å². The summed E-state index contributed by atoms with van der Waals surface area (Å²) in [5.74, 6) is -0.908. The number of ketones is 2. The zero-order valence-corrected chi connectivity index (χ0v) is 12.1. The van der Waals surface area contributed by atoms with E-state index in [1.54, 1.807) is 0 Å². The molecule has 0 amide bonds. The second-order valence-electron chi connectivity index (χ2n) is 5.39. The molecule has 0 bridgehead atoms. The minimum Gasteiger partial charge on any atom is -0.299 e. The van der Waals surface area contributed by atoms with Crippen molar-refractivity contribution in [3.63, 3.8) is 0 Å². The van der Waals surface area contributed by atoms with Gasteiger partial charge in [0.25, 0.3) is 0 Å². The lowest BCUT2D eigenvalue weighted by atomic mass is 9.84. The first kappa shape index (κ1) is 13.5. The molecule has 0 aliphatic rings. The van der Waals surface area contributed by atoms with Crippen molar-refractivity contribution in [3.05, 3.63) is 60.2 Å². The van der Waals surface area contributed by atoms with Gasteiger partial charge in [0.15, 0.2) is 0 Å². The molecular weight excluding hydrogens is 260 g/mol. The Hall–Kier alpha value is -2.48. The van der Waals surface area contributed by atoms with E-state index in [0.29, 0.717) is 0 Å². The minimum atomic E-state index is -0.694. The molecule has 0 N–H and O–H groups in total. The predicted molar refractivity (Wildman–Crippen MR) is 85.6 cm³/mol. The lowest BCUT2D eigenvalue weighted by Crippen LogP contribution is -2.17. The van der Waals surface area contributed by atoms with Crippen LogP contribution in [0, 0.1) is 0 Å². The zero-order valence-electron chi connectivity index (χ0n) is 12.1. The lowest BCUT2D eigenvalue weighted by molar-refractivity contribution is -0.126. The number of hydrogen-bond acceptors (Lipinski definition) is 2. The molecule has 0 saturated heterocycles. The number of benzene rings is 3. The highest BCUT2D eigenvalue weighted by atomic mass is 16.1. The van der Waals surface area contributed by atoms with Crippen LogP contribution in [0.3, 0.4) is 0 Å². The molecule has 0 aliphatic heterocycles. The fraction of sp³-hybridized carbons (Fsp3) is 0.158. The normalized spacial score (nSPS) is 11.2. The van der Waals surface area contributed by atoms with Crippen LogP contribution in [0.25, 0.3) is 21.5 Å². The summed E-state index contributed by atoms with van der Waals surface area (Å²) in [4.78, 5) is 24.1. The molecule has 0 fully saturated rings. The average Bonchev–Trinajstić information content (AvgIpc) is 2.46. The van der Waals surface area contributed by atoms with Gasteiger partial charge in [-0.15, -0.1) is 0 Å². The molecule has 3 aromatic rings. The van der Waals surface area contributed by atoms with Crippen LogP contribution in [0.15, 0.2) is 54.6 Å². The summed E-state index contributed by atoms with van der Waals surface area (Å²) < 4.78 is 0. The van der Waals surface area contributed by atoms with Gasteiger partial charge in [0.1, 0.15) is 17.5 Å². The van der Waals surface area contributed by atoms with Crippen molar-refractivity contribution in [2.45, 2.75) is 19.8 Å². The number of rotatable bonds is 3. The smallest absolute Gasteiger partial charge is 0.144 e. The topological polar surface area (TPSA) is 34.1 Å². The van der Waals surface area contributed by atoms with Crippen molar-refractivity contribution in [3.8, 4) is 0 Å². The molecule has 3 rings (SSSR count). The molecule has 21 heavy (non-hydrogen) atoms. The zero-order chi connectivity index (χ0) is 15.0. The summed E-state index contributed by atoms with van der Waals surface area (Å²) in [6.45, 7) is 2.98. The Morgan fingerprint density at radius 2 is 1.19 bits per heavy atom. The van der Waals surface area contributed by atoms with Gasteiger partial charge in [-0.05, 0) is 47.0 Å². The van der Waals surface area contributed by atoms with Gasteiger partial charge >= 0.3 is 0 Å². The third-order valence-electron chi connectivity index (χ3n) is 3.91. The van der Waals surface area contributed by atoms with Crippen molar-refractivity contribution in [1.82, 2.24) is 0 Å². The van der Waals surface area contributed by atoms with Crippen molar-refractivity contribution in [1.29, 1.82) is 0 Å². The molecule has 104 valence electrons. The number of hydrogen-bond donors (Lipinski definition) is 0. The lowest BCUT2D eigenvalue weighted by Gasteiger charge is -2.17. The summed E-state index contributed by atoms with van der Waals surface area (Å²) in [5.41, 5.74) is 0.837. The van der Waals surface area contributed by atoms with Crippen LogP contribution < -0.4 is 0 Å². The van der Waals surface area contributed by atoms with Crippen LogP contribution in [0.4, 0.5) is 0 Å². The van der Waals surface area contributed by atoms with Gasteiger partial charge in [-0.3, -0.25) is 9.59 Å². The maximum absolute atomic E-state index is 12.1. The highest BCUT2D eigenvalue weighted by Crippen LogP contribution is 2.34. The second kappa shape index (κ2) is 5.13. The maximum Gasteiger partial charge on any atom is 0.144 e. The Morgan fingerprint density at radius 1 is 0.762 bits per heavy atom. The van der Waals surface area contributed by atoms with E-state index in [-0.39, 0.29) is 11.6 Å². The largest absolute Gasteiger partial charge is 0.299 e. The number of Topliss-reactive ketones (excluding diaryl/α,β-unsaturated/α-hetero) is 2. The van der Waals surface area contributed by atoms with Crippen LogP contribution in [-0.2, 0) is 9.59 Å². The summed E-state index contributed by atoms with van der Waals surface area (Å²) in [7, 11) is 0. The SMILES string of the molecule is CC(=O)C(C(C)=O)c1c2ccccc2cc2ccccc12. The molecule has 3 aromatic carbocycles. The standard InChI is InChI=1S/C19H16O2/c1-12(20)18(13(2)21)19-16-9-5-3-7-14(16)11-15-8-4-6-10-17(15)19/h3-11,18H,1-2H3. The summed E-state index contributed by atoms with van der Waals surface area (Å²) >= 11 is 0. The van der Waals surface area contributed by atoms with Gasteiger partial charge in [-0.25, -0.2) is 0 Å². The third kappa shape index (κ3) is 2.23. The summed E-state index contributed by atoms with van der Waals surface area (Å²) in [6.07, 6.45) is 0. The predicted octanol–water partition coefficient (Wildman–Crippen LogP) is 4.25. The van der Waals surface area contributed by atoms with Crippen molar-refractivity contribution in [2.24, 2.45) is 0 Å². The highest BCUT2D eigenvalue weighted by Gasteiger charge is 2.25. The fourth-order valence-electron chi connectivity index (χ4n) is 3.05.